The zero-order valence-corrected chi connectivity index (χ0v) is 15.1. The number of aliphatic carboxylic acids is 1. The molecule has 2 unspecified atom stereocenters. The van der Waals surface area contributed by atoms with Gasteiger partial charge in [-0.05, 0) is 56.3 Å². The van der Waals surface area contributed by atoms with Gasteiger partial charge in [0.15, 0.2) is 0 Å². The van der Waals surface area contributed by atoms with E-state index in [1.54, 1.807) is 6.92 Å². The van der Waals surface area contributed by atoms with Gasteiger partial charge in [0.25, 0.3) is 0 Å². The van der Waals surface area contributed by atoms with Crippen molar-refractivity contribution >= 4 is 11.8 Å². The van der Waals surface area contributed by atoms with E-state index in [0.29, 0.717) is 42.8 Å². The van der Waals surface area contributed by atoms with Gasteiger partial charge in [-0.2, -0.15) is 0 Å². The third kappa shape index (κ3) is 6.25. The molecule has 0 saturated heterocycles. The van der Waals surface area contributed by atoms with Crippen molar-refractivity contribution in [1.82, 2.24) is 0 Å². The Morgan fingerprint density at radius 2 is 1.78 bits per heavy atom. The van der Waals surface area contributed by atoms with Crippen molar-refractivity contribution in [3.8, 4) is 0 Å². The summed E-state index contributed by atoms with van der Waals surface area (Å²) in [4.78, 5) is 22.9. The van der Waals surface area contributed by atoms with Gasteiger partial charge in [0.2, 0.25) is 0 Å². The lowest BCUT2D eigenvalue weighted by Gasteiger charge is -2.17. The highest BCUT2D eigenvalue weighted by Crippen LogP contribution is 2.48. The van der Waals surface area contributed by atoms with Gasteiger partial charge >= 0.3 is 5.97 Å². The van der Waals surface area contributed by atoms with E-state index in [1.807, 2.05) is 6.92 Å². The highest BCUT2D eigenvalue weighted by atomic mass is 16.4. The maximum Gasteiger partial charge on any atom is 0.309 e. The lowest BCUT2D eigenvalue weighted by Crippen LogP contribution is -2.27. The predicted octanol–water partition coefficient (Wildman–Crippen LogP) is 3.91. The number of aliphatic hydroxyl groups is 1. The van der Waals surface area contributed by atoms with Crippen LogP contribution >= 0.6 is 0 Å². The number of carboxylic acids is 1. The molecule has 0 bridgehead atoms. The predicted molar refractivity (Wildman–Crippen MR) is 91.1 cm³/mol. The Hall–Kier alpha value is -0.900. The van der Waals surface area contributed by atoms with E-state index in [4.69, 9.17) is 5.11 Å². The summed E-state index contributed by atoms with van der Waals surface area (Å²) in [6.45, 7) is 8.07. The maximum absolute atomic E-state index is 11.9. The molecule has 0 spiro atoms. The van der Waals surface area contributed by atoms with E-state index in [-0.39, 0.29) is 5.92 Å². The van der Waals surface area contributed by atoms with Crippen LogP contribution in [-0.4, -0.2) is 28.1 Å². The summed E-state index contributed by atoms with van der Waals surface area (Å²) in [5, 5.41) is 19.1. The summed E-state index contributed by atoms with van der Waals surface area (Å²) in [7, 11) is 0. The molecule has 0 heterocycles. The highest BCUT2D eigenvalue weighted by Gasteiger charge is 2.41. The van der Waals surface area contributed by atoms with Crippen molar-refractivity contribution in [2.45, 2.75) is 78.7 Å². The molecule has 0 radical (unpaired) electrons. The minimum absolute atomic E-state index is 0.175. The van der Waals surface area contributed by atoms with Crippen molar-refractivity contribution in [3.63, 3.8) is 0 Å². The zero-order chi connectivity index (χ0) is 17.6. The molecule has 23 heavy (non-hydrogen) atoms. The molecule has 6 atom stereocenters. The van der Waals surface area contributed by atoms with E-state index in [2.05, 4.69) is 13.8 Å². The topological polar surface area (TPSA) is 74.6 Å². The number of ketones is 1. The number of Topliss-reactive ketones (excluding diaryl/α,β-unsaturated/α-hetero) is 1. The van der Waals surface area contributed by atoms with Gasteiger partial charge in [0.1, 0.15) is 5.78 Å². The third-order valence-corrected chi connectivity index (χ3v) is 5.77. The SMILES string of the molecule is CC[C@H](C)C(=O)CC[C@H](C)C1CC1CC[C@@H](O)[C@@H](CC)C(=O)O. The molecule has 1 fully saturated rings. The van der Waals surface area contributed by atoms with Gasteiger partial charge in [0, 0.05) is 12.3 Å². The first-order valence-corrected chi connectivity index (χ1v) is 9.25. The molecule has 0 aromatic carbocycles. The minimum atomic E-state index is -0.899. The summed E-state index contributed by atoms with van der Waals surface area (Å²) >= 11 is 0. The Labute approximate surface area is 140 Å². The van der Waals surface area contributed by atoms with Crippen LogP contribution in [0.4, 0.5) is 0 Å². The van der Waals surface area contributed by atoms with E-state index in [9.17, 15) is 14.7 Å². The fourth-order valence-electron chi connectivity index (χ4n) is 3.56. The van der Waals surface area contributed by atoms with Crippen LogP contribution in [0.1, 0.15) is 72.6 Å². The molecule has 4 nitrogen and oxygen atoms in total. The number of rotatable bonds is 12. The molecular formula is C19H34O4. The molecule has 0 aromatic rings. The van der Waals surface area contributed by atoms with Crippen molar-refractivity contribution in [1.29, 1.82) is 0 Å². The number of aliphatic hydroxyl groups excluding tert-OH is 1. The molecule has 1 rings (SSSR count). The zero-order valence-electron chi connectivity index (χ0n) is 15.1. The molecule has 0 amide bonds. The van der Waals surface area contributed by atoms with Gasteiger partial charge in [-0.1, -0.05) is 27.7 Å². The number of carbonyl (C=O) groups is 2. The second kappa shape index (κ2) is 9.41. The van der Waals surface area contributed by atoms with Crippen molar-refractivity contribution in [3.05, 3.63) is 0 Å². The Balaban J connectivity index is 2.26. The van der Waals surface area contributed by atoms with E-state index in [1.165, 1.54) is 0 Å². The number of carbonyl (C=O) groups excluding carboxylic acids is 1. The molecule has 1 saturated carbocycles. The molecular weight excluding hydrogens is 292 g/mol. The highest BCUT2D eigenvalue weighted by molar-refractivity contribution is 5.80. The van der Waals surface area contributed by atoms with Gasteiger partial charge < -0.3 is 10.2 Å². The van der Waals surface area contributed by atoms with E-state index >= 15 is 0 Å². The van der Waals surface area contributed by atoms with Gasteiger partial charge in [-0.3, -0.25) is 9.59 Å². The third-order valence-electron chi connectivity index (χ3n) is 5.77. The Bertz CT molecular complexity index is 393. The van der Waals surface area contributed by atoms with Crippen LogP contribution < -0.4 is 0 Å². The first kappa shape index (κ1) is 20.1. The van der Waals surface area contributed by atoms with Crippen LogP contribution in [-0.2, 0) is 9.59 Å². The van der Waals surface area contributed by atoms with E-state index < -0.39 is 18.0 Å². The quantitative estimate of drug-likeness (QED) is 0.570. The Kier molecular flexibility index (Phi) is 8.24. The largest absolute Gasteiger partial charge is 0.481 e. The standard InChI is InChI=1S/C19H34O4/c1-5-12(3)17(20)9-7-13(4)16-11-14(16)8-10-18(21)15(6-2)19(22)23/h12-16,18,21H,5-11H2,1-4H3,(H,22,23)/t12-,13-,14?,15+,16?,18+/m0/s1. The molecule has 2 N–H and O–H groups in total. The van der Waals surface area contributed by atoms with Crippen LogP contribution in [0.3, 0.4) is 0 Å². The molecule has 4 heteroatoms. The summed E-state index contributed by atoms with van der Waals surface area (Å²) < 4.78 is 0. The van der Waals surface area contributed by atoms with E-state index in [0.717, 1.165) is 25.7 Å². The van der Waals surface area contributed by atoms with Gasteiger partial charge in [-0.25, -0.2) is 0 Å². The maximum atomic E-state index is 11.9. The van der Waals surface area contributed by atoms with Crippen LogP contribution in [0.15, 0.2) is 0 Å². The lowest BCUT2D eigenvalue weighted by atomic mass is 9.91. The Morgan fingerprint density at radius 3 is 2.30 bits per heavy atom. The summed E-state index contributed by atoms with van der Waals surface area (Å²) in [6, 6.07) is 0. The van der Waals surface area contributed by atoms with Crippen LogP contribution in [0, 0.1) is 29.6 Å². The fourth-order valence-corrected chi connectivity index (χ4v) is 3.56. The van der Waals surface area contributed by atoms with Crippen LogP contribution in [0.25, 0.3) is 0 Å². The lowest BCUT2D eigenvalue weighted by molar-refractivity contribution is -0.146. The molecule has 1 aliphatic rings. The van der Waals surface area contributed by atoms with Gasteiger partial charge in [-0.15, -0.1) is 0 Å². The van der Waals surface area contributed by atoms with Crippen LogP contribution in [0.5, 0.6) is 0 Å². The van der Waals surface area contributed by atoms with Crippen molar-refractivity contribution in [2.24, 2.45) is 29.6 Å². The molecule has 1 aliphatic carbocycles. The average molecular weight is 326 g/mol. The fraction of sp³-hybridized carbons (Fsp3) is 0.895. The number of hydrogen-bond donors (Lipinski definition) is 2. The summed E-state index contributed by atoms with van der Waals surface area (Å²) in [6.07, 6.45) is 4.93. The average Bonchev–Trinajstić information content (AvgIpc) is 3.29. The van der Waals surface area contributed by atoms with Crippen molar-refractivity contribution in [2.75, 3.05) is 0 Å². The molecule has 0 aromatic heterocycles. The van der Waals surface area contributed by atoms with Crippen molar-refractivity contribution < 1.29 is 19.8 Å². The van der Waals surface area contributed by atoms with Gasteiger partial charge in [0.05, 0.1) is 12.0 Å². The number of carboxylic acid groups (broad SMARTS) is 1. The first-order chi connectivity index (χ1) is 10.8. The second-order valence-corrected chi connectivity index (χ2v) is 7.45. The second-order valence-electron chi connectivity index (χ2n) is 7.45. The monoisotopic (exact) mass is 326 g/mol. The minimum Gasteiger partial charge on any atom is -0.481 e. The van der Waals surface area contributed by atoms with Crippen LogP contribution in [0.2, 0.25) is 0 Å². The molecule has 134 valence electrons. The Morgan fingerprint density at radius 1 is 1.13 bits per heavy atom. The summed E-state index contributed by atoms with van der Waals surface area (Å²) in [5.74, 6) is 0.809. The first-order valence-electron chi connectivity index (χ1n) is 9.25. The smallest absolute Gasteiger partial charge is 0.309 e. The normalized spacial score (nSPS) is 25.4. The number of hydrogen-bond acceptors (Lipinski definition) is 3. The summed E-state index contributed by atoms with van der Waals surface area (Å²) in [5.41, 5.74) is 0. The molecule has 0 aliphatic heterocycles.